The maximum absolute atomic E-state index is 14.0. The summed E-state index contributed by atoms with van der Waals surface area (Å²) < 4.78 is 65.8. The van der Waals surface area contributed by atoms with Crippen LogP contribution in [0.3, 0.4) is 0 Å². The highest BCUT2D eigenvalue weighted by atomic mass is 19.4. The topological polar surface area (TPSA) is 31.4 Å². The molecule has 5 aromatic carbocycles. The van der Waals surface area contributed by atoms with Gasteiger partial charge in [-0.1, -0.05) is 60.7 Å². The number of hydrogen-bond donors (Lipinski definition) is 0. The molecule has 230 valence electrons. The van der Waals surface area contributed by atoms with Gasteiger partial charge >= 0.3 is 6.18 Å². The smallest absolute Gasteiger partial charge is 0.419 e. The van der Waals surface area contributed by atoms with Crippen molar-refractivity contribution < 1.29 is 27.0 Å². The lowest BCUT2D eigenvalue weighted by molar-refractivity contribution is -0.140. The number of nitrogens with zero attached hydrogens (tertiary/aromatic N) is 1. The minimum atomic E-state index is -4.71. The molecule has 3 nitrogen and oxygen atoms in total. The van der Waals surface area contributed by atoms with Gasteiger partial charge in [0.05, 0.1) is 25.2 Å². The summed E-state index contributed by atoms with van der Waals surface area (Å²) in [5, 5.41) is 6.61. The monoisotopic (exact) mass is 611 g/mol. The highest BCUT2D eigenvalue weighted by Gasteiger charge is 2.36. The van der Waals surface area contributed by atoms with Crippen molar-refractivity contribution in [2.45, 2.75) is 44.2 Å². The number of pyridine rings is 1. The second kappa shape index (κ2) is 12.8. The number of aromatic nitrogens is 1. The fourth-order valence-electron chi connectivity index (χ4n) is 6.72. The summed E-state index contributed by atoms with van der Waals surface area (Å²) in [5.41, 5.74) is 1.26. The Labute approximate surface area is 259 Å². The van der Waals surface area contributed by atoms with Crippen LogP contribution >= 0.6 is 0 Å². The number of benzene rings is 5. The molecule has 1 heterocycles. The first-order valence-corrected chi connectivity index (χ1v) is 15.0. The fourth-order valence-corrected chi connectivity index (χ4v) is 6.72. The van der Waals surface area contributed by atoms with Crippen LogP contribution in [0.4, 0.5) is 17.6 Å². The molecule has 0 spiro atoms. The van der Waals surface area contributed by atoms with E-state index in [-0.39, 0.29) is 17.9 Å². The van der Waals surface area contributed by atoms with E-state index in [4.69, 9.17) is 9.47 Å². The third-order valence-corrected chi connectivity index (χ3v) is 8.79. The number of rotatable bonds is 5. The van der Waals surface area contributed by atoms with Gasteiger partial charge in [-0.25, -0.2) is 4.39 Å². The summed E-state index contributed by atoms with van der Waals surface area (Å²) >= 11 is 0. The Bertz CT molecular complexity index is 1920. The van der Waals surface area contributed by atoms with Crippen molar-refractivity contribution in [3.05, 3.63) is 125 Å². The van der Waals surface area contributed by atoms with E-state index in [9.17, 15) is 17.6 Å². The fraction of sp³-hybridized carbons (Fsp3) is 0.237. The first-order chi connectivity index (χ1) is 21.8. The number of fused-ring (bicyclic) bond motifs is 6. The van der Waals surface area contributed by atoms with Crippen molar-refractivity contribution >= 4 is 32.3 Å². The van der Waals surface area contributed by atoms with Gasteiger partial charge in [0.1, 0.15) is 17.3 Å². The minimum Gasteiger partial charge on any atom is -0.496 e. The van der Waals surface area contributed by atoms with Crippen molar-refractivity contribution in [3.8, 4) is 11.5 Å². The lowest BCUT2D eigenvalue weighted by Crippen LogP contribution is -2.15. The van der Waals surface area contributed by atoms with Crippen molar-refractivity contribution in [2.75, 3.05) is 14.2 Å². The van der Waals surface area contributed by atoms with E-state index in [1.165, 1.54) is 28.5 Å². The van der Waals surface area contributed by atoms with Gasteiger partial charge in [0, 0.05) is 12.4 Å². The molecule has 1 unspecified atom stereocenters. The van der Waals surface area contributed by atoms with E-state index in [0.717, 1.165) is 63.9 Å². The molecule has 0 saturated heterocycles. The molecule has 0 fully saturated rings. The minimum absolute atomic E-state index is 0.0187. The van der Waals surface area contributed by atoms with Crippen LogP contribution in [0.25, 0.3) is 32.3 Å². The lowest BCUT2D eigenvalue weighted by atomic mass is 9.77. The molecule has 1 aliphatic rings. The van der Waals surface area contributed by atoms with Crippen LogP contribution in [0, 0.1) is 5.82 Å². The molecular formula is C38H33F4NO2. The predicted molar refractivity (Wildman–Crippen MR) is 172 cm³/mol. The largest absolute Gasteiger partial charge is 0.496 e. The van der Waals surface area contributed by atoms with Crippen molar-refractivity contribution in [3.63, 3.8) is 0 Å². The summed E-state index contributed by atoms with van der Waals surface area (Å²) in [6, 6.07) is 26.0. The molecule has 0 aliphatic heterocycles. The van der Waals surface area contributed by atoms with E-state index >= 15 is 0 Å². The zero-order chi connectivity index (χ0) is 31.6. The van der Waals surface area contributed by atoms with Crippen LogP contribution < -0.4 is 9.47 Å². The van der Waals surface area contributed by atoms with Crippen LogP contribution in [-0.2, 0) is 19.0 Å². The molecule has 1 aromatic heterocycles. The average molecular weight is 612 g/mol. The van der Waals surface area contributed by atoms with Gasteiger partial charge in [-0.3, -0.25) is 4.98 Å². The summed E-state index contributed by atoms with van der Waals surface area (Å²) in [6.45, 7) is 0. The number of aryl methyl sites for hydroxylation is 2. The Morgan fingerprint density at radius 2 is 1.58 bits per heavy atom. The molecule has 7 rings (SSSR count). The molecule has 6 aromatic rings. The van der Waals surface area contributed by atoms with Crippen LogP contribution in [0.15, 0.2) is 97.3 Å². The van der Waals surface area contributed by atoms with Gasteiger partial charge in [0.2, 0.25) is 0 Å². The van der Waals surface area contributed by atoms with E-state index < -0.39 is 17.6 Å². The Hall–Kier alpha value is -4.65. The molecule has 0 amide bonds. The highest BCUT2D eigenvalue weighted by Crippen LogP contribution is 2.45. The van der Waals surface area contributed by atoms with E-state index in [0.29, 0.717) is 6.42 Å². The standard InChI is InChI=1S/C29H26F4O2.C9H7N/c1-34-25-11-5-9-22-21-15-14-19-17(6-3-8-20(19)23(21)16-26(35-2)27(22)25)12-13-18-7-4-10-24(30)28(18)29(31,32)33;1-2-4-9-7-10-6-5-8(9)3-1/h4-5,7,9-11,14-17H,3,6,8,12-13H2,1-2H3;1-7H. The SMILES string of the molecule is COc1cccc2c1c(OC)cc1c3c(ccc12)C(CCc1cccc(F)c1C(F)(F)F)CCC3.c1ccc2cnccc2c1. The summed E-state index contributed by atoms with van der Waals surface area (Å²) in [7, 11) is 3.28. The van der Waals surface area contributed by atoms with E-state index in [2.05, 4.69) is 41.4 Å². The van der Waals surface area contributed by atoms with Gasteiger partial charge < -0.3 is 9.47 Å². The van der Waals surface area contributed by atoms with Crippen molar-refractivity contribution in [1.29, 1.82) is 0 Å². The zero-order valence-electron chi connectivity index (χ0n) is 25.1. The number of halogens is 4. The third kappa shape index (κ3) is 6.04. The highest BCUT2D eigenvalue weighted by molar-refractivity contribution is 6.13. The van der Waals surface area contributed by atoms with Crippen molar-refractivity contribution in [2.24, 2.45) is 0 Å². The normalized spacial score (nSPS) is 14.6. The summed E-state index contributed by atoms with van der Waals surface area (Å²) in [4.78, 5) is 4.01. The number of ether oxygens (including phenoxy) is 2. The quantitative estimate of drug-likeness (QED) is 0.144. The molecule has 0 saturated carbocycles. The Kier molecular flexibility index (Phi) is 8.61. The average Bonchev–Trinajstić information content (AvgIpc) is 3.06. The van der Waals surface area contributed by atoms with Crippen LogP contribution in [0.5, 0.6) is 11.5 Å². The maximum Gasteiger partial charge on any atom is 0.419 e. The second-order valence-electron chi connectivity index (χ2n) is 11.3. The van der Waals surface area contributed by atoms with E-state index in [1.807, 2.05) is 42.7 Å². The molecule has 0 N–H and O–H groups in total. The lowest BCUT2D eigenvalue weighted by Gasteiger charge is -2.28. The van der Waals surface area contributed by atoms with Crippen LogP contribution in [0.1, 0.15) is 47.4 Å². The first kappa shape index (κ1) is 30.4. The van der Waals surface area contributed by atoms with Gasteiger partial charge in [-0.2, -0.15) is 13.2 Å². The van der Waals surface area contributed by atoms with Crippen LogP contribution in [0.2, 0.25) is 0 Å². The van der Waals surface area contributed by atoms with Crippen molar-refractivity contribution in [1.82, 2.24) is 4.98 Å². The van der Waals surface area contributed by atoms with Gasteiger partial charge in [0.25, 0.3) is 0 Å². The van der Waals surface area contributed by atoms with Gasteiger partial charge in [0.15, 0.2) is 0 Å². The number of alkyl halides is 3. The zero-order valence-corrected chi connectivity index (χ0v) is 25.1. The van der Waals surface area contributed by atoms with Gasteiger partial charge in [-0.15, -0.1) is 0 Å². The molecule has 7 heteroatoms. The molecule has 1 atom stereocenters. The van der Waals surface area contributed by atoms with Gasteiger partial charge in [-0.05, 0) is 106 Å². The molecule has 0 radical (unpaired) electrons. The molecular weight excluding hydrogens is 578 g/mol. The Morgan fingerprint density at radius 1 is 0.800 bits per heavy atom. The van der Waals surface area contributed by atoms with Crippen LogP contribution in [-0.4, -0.2) is 19.2 Å². The Balaban J connectivity index is 0.000000301. The first-order valence-electron chi connectivity index (χ1n) is 15.0. The summed E-state index contributed by atoms with van der Waals surface area (Å²) in [5.74, 6) is 0.376. The number of methoxy groups -OCH3 is 2. The second-order valence-corrected chi connectivity index (χ2v) is 11.3. The third-order valence-electron chi connectivity index (χ3n) is 8.79. The van der Waals surface area contributed by atoms with E-state index in [1.54, 1.807) is 14.2 Å². The predicted octanol–water partition coefficient (Wildman–Crippen LogP) is 10.5. The molecule has 0 bridgehead atoms. The summed E-state index contributed by atoms with van der Waals surface area (Å²) in [6.07, 6.45) is 2.42. The molecule has 1 aliphatic carbocycles. The molecule has 45 heavy (non-hydrogen) atoms. The maximum atomic E-state index is 14.0. The number of hydrogen-bond acceptors (Lipinski definition) is 3. The Morgan fingerprint density at radius 3 is 2.33 bits per heavy atom.